The number of nitroso groups, excluding NO2 is 1. The molecule has 0 heterocycles. The first kappa shape index (κ1) is 10.6. The van der Waals surface area contributed by atoms with Crippen LogP contribution in [0.1, 0.15) is 0 Å². The van der Waals surface area contributed by atoms with Crippen molar-refractivity contribution in [2.24, 2.45) is 5.29 Å². The van der Waals surface area contributed by atoms with Gasteiger partial charge < -0.3 is 5.01 Å². The second-order valence-electron chi connectivity index (χ2n) is 1.04. The van der Waals surface area contributed by atoms with Crippen LogP contribution < -0.4 is 18.9 Å². The molecule has 8 heavy (non-hydrogen) atoms. The maximum absolute atomic E-state index is 9.49. The van der Waals surface area contributed by atoms with Gasteiger partial charge in [-0.3, -0.25) is 0 Å². The molecule has 0 aliphatic carbocycles. The summed E-state index contributed by atoms with van der Waals surface area (Å²) < 4.78 is 0. The van der Waals surface area contributed by atoms with E-state index < -0.39 is 0 Å². The Morgan fingerprint density at radius 3 is 2.50 bits per heavy atom. The van der Waals surface area contributed by atoms with Crippen molar-refractivity contribution >= 4 is 0 Å². The van der Waals surface area contributed by atoms with Crippen LogP contribution >= 0.6 is 0 Å². The number of nitrogens with zero attached hydrogens (tertiary/aromatic N) is 2. The van der Waals surface area contributed by atoms with Crippen LogP contribution in [0.4, 0.5) is 0 Å². The van der Waals surface area contributed by atoms with Gasteiger partial charge in [-0.25, -0.2) is 12.7 Å². The Bertz CT molecular complexity index is 76.4. The molecule has 0 aromatic rings. The summed E-state index contributed by atoms with van der Waals surface area (Å²) in [6.45, 7) is 4.82. The molecule has 3 nitrogen and oxygen atoms in total. The first-order chi connectivity index (χ1) is 3.31. The van der Waals surface area contributed by atoms with Gasteiger partial charge in [0.05, 0.1) is 0 Å². The van der Waals surface area contributed by atoms with E-state index in [0.717, 1.165) is 5.01 Å². The number of hydrogen-bond donors (Lipinski definition) is 0. The van der Waals surface area contributed by atoms with E-state index in [0.29, 0.717) is 0 Å². The van der Waals surface area contributed by atoms with Crippen molar-refractivity contribution in [1.82, 2.24) is 5.01 Å². The minimum atomic E-state index is 0. The van der Waals surface area contributed by atoms with E-state index >= 15 is 0 Å². The normalized spacial score (nSPS) is 6.12. The molecule has 0 spiro atoms. The average Bonchev–Trinajstić information content (AvgIpc) is 1.68. The fraction of sp³-hybridized carbons (Fsp3) is 0.250. The van der Waals surface area contributed by atoms with Gasteiger partial charge in [-0.15, -0.1) is 11.5 Å². The third kappa shape index (κ3) is 5.61. The number of hydrogen-bond acceptors (Lipinski definition) is 2. The summed E-state index contributed by atoms with van der Waals surface area (Å²) in [7, 11) is 1.54. The predicted octanol–water partition coefficient (Wildman–Crippen LogP) is -2.05. The molecular weight excluding hydrogens is 99.0 g/mol. The fourth-order valence-electron chi connectivity index (χ4n) is 0.180. The zero-order valence-corrected chi connectivity index (χ0v) is 5.16. The van der Waals surface area contributed by atoms with Gasteiger partial charge >= 0.3 is 18.9 Å². The maximum Gasteiger partial charge on any atom is 1.00 e. The van der Waals surface area contributed by atoms with Crippen LogP contribution in [0.5, 0.6) is 0 Å². The van der Waals surface area contributed by atoms with E-state index in [2.05, 4.69) is 11.9 Å². The monoisotopic (exact) mass is 106 g/mol. The molecule has 0 amide bonds. The van der Waals surface area contributed by atoms with Crippen molar-refractivity contribution < 1.29 is 18.9 Å². The fourth-order valence-corrected chi connectivity index (χ4v) is 0.180. The smallest absolute Gasteiger partial charge is 0.317 e. The van der Waals surface area contributed by atoms with Gasteiger partial charge in [0.25, 0.3) is 0 Å². The first-order valence-electron chi connectivity index (χ1n) is 1.83. The molecule has 0 N–H and O–H groups in total. The molecule has 0 fully saturated rings. The molecule has 0 radical (unpaired) electrons. The van der Waals surface area contributed by atoms with E-state index in [1.807, 2.05) is 0 Å². The van der Waals surface area contributed by atoms with Crippen molar-refractivity contribution in [2.75, 3.05) is 7.05 Å². The second-order valence-corrected chi connectivity index (χ2v) is 1.04. The first-order valence-corrected chi connectivity index (χ1v) is 1.83. The van der Waals surface area contributed by atoms with Crippen molar-refractivity contribution in [3.63, 3.8) is 0 Å². The number of rotatable bonds is 3. The Morgan fingerprint density at radius 2 is 2.38 bits per heavy atom. The van der Waals surface area contributed by atoms with Gasteiger partial charge in [-0.2, -0.15) is 0 Å². The molecule has 0 aliphatic rings. The van der Waals surface area contributed by atoms with E-state index in [9.17, 15) is 4.91 Å². The second kappa shape index (κ2) is 6.61. The minimum absolute atomic E-state index is 0. The molecule has 0 aromatic heterocycles. The van der Waals surface area contributed by atoms with Crippen LogP contribution in [-0.4, -0.2) is 12.1 Å². The van der Waals surface area contributed by atoms with Crippen LogP contribution in [0.2, 0.25) is 0 Å². The van der Waals surface area contributed by atoms with Crippen LogP contribution in [0, 0.1) is 11.5 Å². The zero-order chi connectivity index (χ0) is 5.70. The number of likely N-dealkylation sites (N-methyl/N-ethyl adjacent to an activating group) is 1. The molecule has 0 atom stereocenters. The van der Waals surface area contributed by atoms with Gasteiger partial charge in [-0.1, -0.05) is 0 Å². The minimum Gasteiger partial charge on any atom is -0.317 e. The van der Waals surface area contributed by atoms with Crippen LogP contribution in [-0.2, 0) is 0 Å². The molecule has 0 bridgehead atoms. The Kier molecular flexibility index (Phi) is 8.72. The molecular formula is C4H7LiN2O. The SMILES string of the molecule is C=C[CH-]N(C)N=O.[Li+]. The van der Waals surface area contributed by atoms with Crippen LogP contribution in [0.15, 0.2) is 17.9 Å². The molecule has 0 saturated carbocycles. The van der Waals surface area contributed by atoms with Crippen molar-refractivity contribution in [3.05, 3.63) is 24.1 Å². The van der Waals surface area contributed by atoms with Crippen molar-refractivity contribution in [3.8, 4) is 0 Å². The van der Waals surface area contributed by atoms with Gasteiger partial charge in [0.2, 0.25) is 0 Å². The summed E-state index contributed by atoms with van der Waals surface area (Å²) in [6, 6.07) is 0. The molecule has 0 saturated heterocycles. The summed E-state index contributed by atoms with van der Waals surface area (Å²) >= 11 is 0. The van der Waals surface area contributed by atoms with Crippen LogP contribution in [0.3, 0.4) is 0 Å². The maximum atomic E-state index is 9.49. The molecule has 4 heteroatoms. The van der Waals surface area contributed by atoms with Crippen molar-refractivity contribution in [2.45, 2.75) is 0 Å². The van der Waals surface area contributed by atoms with Gasteiger partial charge in [0.1, 0.15) is 0 Å². The van der Waals surface area contributed by atoms with Gasteiger partial charge in [-0.05, 0) is 0 Å². The summed E-state index contributed by atoms with van der Waals surface area (Å²) in [6.07, 6.45) is 1.49. The van der Waals surface area contributed by atoms with E-state index in [-0.39, 0.29) is 18.9 Å². The van der Waals surface area contributed by atoms with E-state index in [1.165, 1.54) is 19.7 Å². The quantitative estimate of drug-likeness (QED) is 0.179. The van der Waals surface area contributed by atoms with Gasteiger partial charge in [0.15, 0.2) is 0 Å². The molecule has 0 aliphatic heterocycles. The van der Waals surface area contributed by atoms with Gasteiger partial charge in [0, 0.05) is 12.3 Å². The molecule has 0 aromatic carbocycles. The molecule has 0 unspecified atom stereocenters. The Balaban J connectivity index is 0. The third-order valence-electron chi connectivity index (χ3n) is 0.450. The topological polar surface area (TPSA) is 32.7 Å². The standard InChI is InChI=1S/C4H7N2O.Li/c1-3-4-6(2)5-7;/h3-4H,1H2,2H3;/q-1;+1. The Hall–Kier alpha value is -0.393. The van der Waals surface area contributed by atoms with Crippen LogP contribution in [0.25, 0.3) is 0 Å². The summed E-state index contributed by atoms with van der Waals surface area (Å²) in [4.78, 5) is 9.49. The summed E-state index contributed by atoms with van der Waals surface area (Å²) in [5, 5.41) is 3.67. The van der Waals surface area contributed by atoms with Crippen molar-refractivity contribution in [1.29, 1.82) is 0 Å². The molecule has 0 rings (SSSR count). The van der Waals surface area contributed by atoms with E-state index in [4.69, 9.17) is 0 Å². The summed E-state index contributed by atoms with van der Waals surface area (Å²) in [5.41, 5.74) is 0. The van der Waals surface area contributed by atoms with E-state index in [1.54, 1.807) is 0 Å². The molecule has 40 valence electrons. The largest absolute Gasteiger partial charge is 1.00 e. The Morgan fingerprint density at radius 1 is 1.88 bits per heavy atom. The Labute approximate surface area is 60.9 Å². The average molecular weight is 106 g/mol. The zero-order valence-electron chi connectivity index (χ0n) is 5.16. The summed E-state index contributed by atoms with van der Waals surface area (Å²) in [5.74, 6) is 0. The predicted molar refractivity (Wildman–Crippen MR) is 28.1 cm³/mol. The third-order valence-corrected chi connectivity index (χ3v) is 0.450.